The molecular weight excluding hydrogens is 334 g/mol. The first-order chi connectivity index (χ1) is 11.6. The molecule has 0 aliphatic carbocycles. The minimum absolute atomic E-state index is 0.108. The predicted molar refractivity (Wildman–Crippen MR) is 90.6 cm³/mol. The van der Waals surface area contributed by atoms with E-state index in [-0.39, 0.29) is 11.8 Å². The van der Waals surface area contributed by atoms with Crippen LogP contribution in [0.4, 0.5) is 13.6 Å². The van der Waals surface area contributed by atoms with E-state index in [0.717, 1.165) is 10.4 Å². The molecule has 0 spiro atoms. The molecular formula is C17H20F2N2O2S. The molecule has 0 aliphatic heterocycles. The second-order valence-electron chi connectivity index (χ2n) is 5.10. The van der Waals surface area contributed by atoms with E-state index in [2.05, 4.69) is 10.1 Å². The Hall–Kier alpha value is -2.15. The van der Waals surface area contributed by atoms with Crippen LogP contribution in [0.15, 0.2) is 41.8 Å². The molecule has 2 rings (SSSR count). The first kappa shape index (κ1) is 18.2. The zero-order valence-electron chi connectivity index (χ0n) is 13.4. The Morgan fingerprint density at radius 1 is 1.29 bits per heavy atom. The Morgan fingerprint density at radius 2 is 2.04 bits per heavy atom. The van der Waals surface area contributed by atoms with E-state index in [1.807, 2.05) is 24.4 Å². The van der Waals surface area contributed by atoms with E-state index in [4.69, 9.17) is 0 Å². The number of rotatable bonds is 8. The lowest BCUT2D eigenvalue weighted by Crippen LogP contribution is -2.40. The molecule has 0 bridgehead atoms. The number of carbonyl (C=O) groups excluding carboxylic acids is 1. The highest BCUT2D eigenvalue weighted by Crippen LogP contribution is 2.15. The third-order valence-electron chi connectivity index (χ3n) is 3.43. The molecule has 0 fully saturated rings. The van der Waals surface area contributed by atoms with E-state index in [1.54, 1.807) is 28.4 Å². The summed E-state index contributed by atoms with van der Waals surface area (Å²) in [7, 11) is 0. The van der Waals surface area contributed by atoms with Gasteiger partial charge in [0.25, 0.3) is 0 Å². The van der Waals surface area contributed by atoms with E-state index in [9.17, 15) is 13.6 Å². The molecule has 0 atom stereocenters. The molecule has 1 N–H and O–H groups in total. The number of carbonyl (C=O) groups is 1. The highest BCUT2D eigenvalue weighted by atomic mass is 32.1. The number of ether oxygens (including phenoxy) is 1. The monoisotopic (exact) mass is 354 g/mol. The van der Waals surface area contributed by atoms with Crippen LogP contribution in [0.2, 0.25) is 0 Å². The van der Waals surface area contributed by atoms with E-state index >= 15 is 0 Å². The van der Waals surface area contributed by atoms with Crippen LogP contribution in [0.3, 0.4) is 0 Å². The minimum Gasteiger partial charge on any atom is -0.435 e. The summed E-state index contributed by atoms with van der Waals surface area (Å²) in [5.41, 5.74) is 0.943. The van der Waals surface area contributed by atoms with Gasteiger partial charge in [0.05, 0.1) is 6.54 Å². The fourth-order valence-electron chi connectivity index (χ4n) is 2.18. The van der Waals surface area contributed by atoms with Crippen molar-refractivity contribution in [1.82, 2.24) is 10.2 Å². The van der Waals surface area contributed by atoms with Crippen molar-refractivity contribution in [2.75, 3.05) is 13.1 Å². The maximum Gasteiger partial charge on any atom is 0.387 e. The summed E-state index contributed by atoms with van der Waals surface area (Å²) >= 11 is 1.62. The molecule has 1 aromatic carbocycles. The summed E-state index contributed by atoms with van der Waals surface area (Å²) < 4.78 is 28.5. The van der Waals surface area contributed by atoms with Gasteiger partial charge in [-0.2, -0.15) is 8.78 Å². The SMILES string of the molecule is CCN(Cc1cccs1)C(=O)NCCc1ccc(OC(F)F)cc1. The zero-order chi connectivity index (χ0) is 17.4. The summed E-state index contributed by atoms with van der Waals surface area (Å²) in [6, 6.07) is 10.3. The summed E-state index contributed by atoms with van der Waals surface area (Å²) in [4.78, 5) is 15.1. The van der Waals surface area contributed by atoms with Crippen molar-refractivity contribution in [3.05, 3.63) is 52.2 Å². The van der Waals surface area contributed by atoms with Gasteiger partial charge in [-0.05, 0) is 42.5 Å². The van der Waals surface area contributed by atoms with Gasteiger partial charge in [-0.15, -0.1) is 11.3 Å². The van der Waals surface area contributed by atoms with Crippen molar-refractivity contribution in [2.45, 2.75) is 26.5 Å². The lowest BCUT2D eigenvalue weighted by molar-refractivity contribution is -0.0498. The van der Waals surface area contributed by atoms with Gasteiger partial charge in [0.2, 0.25) is 0 Å². The van der Waals surface area contributed by atoms with Gasteiger partial charge >= 0.3 is 12.6 Å². The first-order valence-corrected chi connectivity index (χ1v) is 8.55. The quantitative estimate of drug-likeness (QED) is 0.775. The number of hydrogen-bond donors (Lipinski definition) is 1. The number of amides is 2. The first-order valence-electron chi connectivity index (χ1n) is 7.67. The van der Waals surface area contributed by atoms with Crippen molar-refractivity contribution in [1.29, 1.82) is 0 Å². The lowest BCUT2D eigenvalue weighted by Gasteiger charge is -2.20. The number of benzene rings is 1. The largest absolute Gasteiger partial charge is 0.435 e. The van der Waals surface area contributed by atoms with Crippen LogP contribution in [0.5, 0.6) is 5.75 Å². The van der Waals surface area contributed by atoms with Gasteiger partial charge in [0.15, 0.2) is 0 Å². The number of nitrogens with one attached hydrogen (secondary N) is 1. The smallest absolute Gasteiger partial charge is 0.387 e. The summed E-state index contributed by atoms with van der Waals surface area (Å²) in [6.45, 7) is 0.825. The van der Waals surface area contributed by atoms with Crippen molar-refractivity contribution in [3.63, 3.8) is 0 Å². The fraction of sp³-hybridized carbons (Fsp3) is 0.353. The number of hydrogen-bond acceptors (Lipinski definition) is 3. The molecule has 7 heteroatoms. The number of halogens is 2. The molecule has 4 nitrogen and oxygen atoms in total. The van der Waals surface area contributed by atoms with Crippen molar-refractivity contribution in [3.8, 4) is 5.75 Å². The van der Waals surface area contributed by atoms with Crippen LogP contribution < -0.4 is 10.1 Å². The van der Waals surface area contributed by atoms with Crippen LogP contribution in [0.25, 0.3) is 0 Å². The maximum absolute atomic E-state index is 12.2. The Labute approximate surface area is 144 Å². The predicted octanol–water partition coefficient (Wildman–Crippen LogP) is 4.12. The minimum atomic E-state index is -2.82. The fourth-order valence-corrected chi connectivity index (χ4v) is 2.90. The second kappa shape index (κ2) is 9.22. The Morgan fingerprint density at radius 3 is 2.62 bits per heavy atom. The topological polar surface area (TPSA) is 41.6 Å². The van der Waals surface area contributed by atoms with Gasteiger partial charge in [-0.3, -0.25) is 0 Å². The molecule has 1 heterocycles. The highest BCUT2D eigenvalue weighted by Gasteiger charge is 2.12. The average Bonchev–Trinajstić information content (AvgIpc) is 3.06. The number of thiophene rings is 1. The van der Waals surface area contributed by atoms with Gasteiger partial charge in [-0.1, -0.05) is 18.2 Å². The van der Waals surface area contributed by atoms with E-state index in [0.29, 0.717) is 26.1 Å². The lowest BCUT2D eigenvalue weighted by atomic mass is 10.1. The summed E-state index contributed by atoms with van der Waals surface area (Å²) in [6.07, 6.45) is 0.622. The molecule has 2 aromatic rings. The standard InChI is InChI=1S/C17H20F2N2O2S/c1-2-21(12-15-4-3-11-24-15)17(22)20-10-9-13-5-7-14(8-6-13)23-16(18)19/h3-8,11,16H,2,9-10,12H2,1H3,(H,20,22). The van der Waals surface area contributed by atoms with E-state index in [1.165, 1.54) is 12.1 Å². The maximum atomic E-state index is 12.2. The van der Waals surface area contributed by atoms with Crippen LogP contribution in [0, 0.1) is 0 Å². The molecule has 130 valence electrons. The van der Waals surface area contributed by atoms with Crippen molar-refractivity contribution in [2.24, 2.45) is 0 Å². The summed E-state index contributed by atoms with van der Waals surface area (Å²) in [5.74, 6) is 0.130. The molecule has 24 heavy (non-hydrogen) atoms. The molecule has 2 amide bonds. The molecule has 0 saturated heterocycles. The normalized spacial score (nSPS) is 10.7. The van der Waals surface area contributed by atoms with E-state index < -0.39 is 6.61 Å². The molecule has 1 aromatic heterocycles. The molecule has 0 saturated carbocycles. The second-order valence-corrected chi connectivity index (χ2v) is 6.13. The number of nitrogens with zero attached hydrogens (tertiary/aromatic N) is 1. The third-order valence-corrected chi connectivity index (χ3v) is 4.30. The van der Waals surface area contributed by atoms with Gasteiger partial charge < -0.3 is 15.0 Å². The van der Waals surface area contributed by atoms with Crippen molar-refractivity contribution >= 4 is 17.4 Å². The van der Waals surface area contributed by atoms with Crippen LogP contribution in [-0.4, -0.2) is 30.6 Å². The third kappa shape index (κ3) is 5.81. The van der Waals surface area contributed by atoms with Crippen LogP contribution in [0.1, 0.15) is 17.4 Å². The van der Waals surface area contributed by atoms with Crippen molar-refractivity contribution < 1.29 is 18.3 Å². The Balaban J connectivity index is 1.76. The molecule has 0 radical (unpaired) electrons. The van der Waals surface area contributed by atoms with Crippen LogP contribution >= 0.6 is 11.3 Å². The molecule has 0 unspecified atom stereocenters. The molecule has 0 aliphatic rings. The van der Waals surface area contributed by atoms with Gasteiger partial charge in [-0.25, -0.2) is 4.79 Å². The summed E-state index contributed by atoms with van der Waals surface area (Å²) in [5, 5.41) is 4.87. The highest BCUT2D eigenvalue weighted by molar-refractivity contribution is 7.09. The Bertz CT molecular complexity index is 618. The zero-order valence-corrected chi connectivity index (χ0v) is 14.2. The van der Waals surface area contributed by atoms with Gasteiger partial charge in [0, 0.05) is 18.0 Å². The number of alkyl halides is 2. The van der Waals surface area contributed by atoms with Gasteiger partial charge in [0.1, 0.15) is 5.75 Å². The number of urea groups is 1. The van der Waals surface area contributed by atoms with Crippen LogP contribution in [-0.2, 0) is 13.0 Å². The average molecular weight is 354 g/mol. The Kier molecular flexibility index (Phi) is 6.99.